The molecule has 112 valence electrons. The largest absolute Gasteiger partial charge is 0.338 e. The fourth-order valence-corrected chi connectivity index (χ4v) is 2.97. The molecular weight excluding hydrogens is 266 g/mol. The third kappa shape index (κ3) is 2.99. The number of hydrogen-bond donors (Lipinski definition) is 1. The maximum absolute atomic E-state index is 11.9. The van der Waals surface area contributed by atoms with Gasteiger partial charge in [0.25, 0.3) is 0 Å². The lowest BCUT2D eigenvalue weighted by Crippen LogP contribution is -2.46. The van der Waals surface area contributed by atoms with E-state index in [2.05, 4.69) is 19.9 Å². The third-order valence-corrected chi connectivity index (χ3v) is 3.96. The van der Waals surface area contributed by atoms with Crippen LogP contribution in [-0.2, 0) is 6.54 Å². The van der Waals surface area contributed by atoms with Crippen molar-refractivity contribution in [3.8, 4) is 0 Å². The number of hydrogen-bond acceptors (Lipinski definition) is 3. The first-order valence-corrected chi connectivity index (χ1v) is 7.56. The number of carbonyl (C=O) groups is 1. The average molecular weight is 287 g/mol. The zero-order chi connectivity index (χ0) is 14.7. The van der Waals surface area contributed by atoms with Crippen molar-refractivity contribution in [2.24, 2.45) is 5.92 Å². The van der Waals surface area contributed by atoms with Gasteiger partial charge in [-0.25, -0.2) is 14.8 Å². The summed E-state index contributed by atoms with van der Waals surface area (Å²) in [6.45, 7) is 5.14. The summed E-state index contributed by atoms with van der Waals surface area (Å²) in [6.07, 6.45) is 5.84. The molecule has 1 aliphatic rings. The van der Waals surface area contributed by atoms with Crippen LogP contribution in [0.2, 0.25) is 0 Å². The summed E-state index contributed by atoms with van der Waals surface area (Å²) in [5.41, 5.74) is 1.85. The highest BCUT2D eigenvalue weighted by atomic mass is 16.2. The zero-order valence-electron chi connectivity index (χ0n) is 12.3. The summed E-state index contributed by atoms with van der Waals surface area (Å²) < 4.78 is 2.10. The summed E-state index contributed by atoms with van der Waals surface area (Å²) in [7, 11) is 0. The first-order valence-electron chi connectivity index (χ1n) is 7.56. The molecule has 1 N–H and O–H groups in total. The molecule has 2 amide bonds. The number of imidazole rings is 1. The predicted molar refractivity (Wildman–Crippen MR) is 80.9 cm³/mol. The van der Waals surface area contributed by atoms with Gasteiger partial charge in [-0.1, -0.05) is 0 Å². The van der Waals surface area contributed by atoms with Crippen LogP contribution in [-0.4, -0.2) is 45.1 Å². The minimum Gasteiger partial charge on any atom is -0.338 e. The number of aromatic nitrogens is 3. The molecule has 3 heterocycles. The van der Waals surface area contributed by atoms with Crippen LogP contribution in [0.3, 0.4) is 0 Å². The van der Waals surface area contributed by atoms with E-state index in [0.717, 1.165) is 43.6 Å². The summed E-state index contributed by atoms with van der Waals surface area (Å²) in [6, 6.07) is 3.92. The summed E-state index contributed by atoms with van der Waals surface area (Å²) in [4.78, 5) is 22.6. The molecule has 0 spiro atoms. The van der Waals surface area contributed by atoms with Gasteiger partial charge in [-0.2, -0.15) is 0 Å². The maximum Gasteiger partial charge on any atom is 0.317 e. The molecule has 0 bridgehead atoms. The highest BCUT2D eigenvalue weighted by molar-refractivity contribution is 5.74. The molecule has 6 nitrogen and oxygen atoms in total. The molecule has 0 aromatic carbocycles. The Morgan fingerprint density at radius 2 is 2.38 bits per heavy atom. The fourth-order valence-electron chi connectivity index (χ4n) is 2.97. The number of fused-ring (bicyclic) bond motifs is 1. The van der Waals surface area contributed by atoms with E-state index in [1.165, 1.54) is 0 Å². The summed E-state index contributed by atoms with van der Waals surface area (Å²) >= 11 is 0. The van der Waals surface area contributed by atoms with Crippen molar-refractivity contribution >= 4 is 17.2 Å². The number of amides is 2. The van der Waals surface area contributed by atoms with E-state index in [0.29, 0.717) is 12.5 Å². The van der Waals surface area contributed by atoms with Crippen LogP contribution in [0.15, 0.2) is 24.7 Å². The van der Waals surface area contributed by atoms with Gasteiger partial charge in [0.05, 0.1) is 6.33 Å². The first kappa shape index (κ1) is 13.9. The van der Waals surface area contributed by atoms with Crippen LogP contribution >= 0.6 is 0 Å². The van der Waals surface area contributed by atoms with E-state index >= 15 is 0 Å². The van der Waals surface area contributed by atoms with Crippen LogP contribution in [0.1, 0.15) is 19.8 Å². The molecule has 21 heavy (non-hydrogen) atoms. The Morgan fingerprint density at radius 3 is 3.24 bits per heavy atom. The molecular formula is C15H21N5O. The number of pyridine rings is 1. The van der Waals surface area contributed by atoms with Crippen molar-refractivity contribution in [1.29, 1.82) is 0 Å². The van der Waals surface area contributed by atoms with Crippen LogP contribution in [0.4, 0.5) is 4.79 Å². The highest BCUT2D eigenvalue weighted by Gasteiger charge is 2.24. The van der Waals surface area contributed by atoms with Gasteiger partial charge in [-0.05, 0) is 37.8 Å². The van der Waals surface area contributed by atoms with Gasteiger partial charge < -0.3 is 14.8 Å². The van der Waals surface area contributed by atoms with E-state index in [4.69, 9.17) is 0 Å². The van der Waals surface area contributed by atoms with Crippen LogP contribution in [0.25, 0.3) is 11.2 Å². The standard InChI is InChI=1S/C15H21N5O/c1-2-16-15(21)19-8-4-5-12(9-19)10-20-11-18-13-6-3-7-17-14(13)20/h3,6-7,11-12H,2,4-5,8-10H2,1H3,(H,16,21). The minimum atomic E-state index is 0.0517. The van der Waals surface area contributed by atoms with Crippen molar-refractivity contribution < 1.29 is 4.79 Å². The van der Waals surface area contributed by atoms with Gasteiger partial charge >= 0.3 is 6.03 Å². The second kappa shape index (κ2) is 6.11. The first-order chi connectivity index (χ1) is 10.3. The lowest BCUT2D eigenvalue weighted by molar-refractivity contribution is 0.160. The molecule has 2 aromatic rings. The zero-order valence-corrected chi connectivity index (χ0v) is 12.3. The monoisotopic (exact) mass is 287 g/mol. The number of rotatable bonds is 3. The van der Waals surface area contributed by atoms with Gasteiger partial charge in [0.1, 0.15) is 5.52 Å². The van der Waals surface area contributed by atoms with Gasteiger partial charge in [0, 0.05) is 32.4 Å². The van der Waals surface area contributed by atoms with Crippen molar-refractivity contribution in [3.05, 3.63) is 24.7 Å². The van der Waals surface area contributed by atoms with E-state index in [9.17, 15) is 4.79 Å². The van der Waals surface area contributed by atoms with E-state index < -0.39 is 0 Å². The summed E-state index contributed by atoms with van der Waals surface area (Å²) in [5, 5.41) is 2.88. The van der Waals surface area contributed by atoms with E-state index in [1.807, 2.05) is 30.3 Å². The molecule has 1 unspecified atom stereocenters. The molecule has 1 fully saturated rings. The smallest absolute Gasteiger partial charge is 0.317 e. The lowest BCUT2D eigenvalue weighted by atomic mass is 9.98. The third-order valence-electron chi connectivity index (χ3n) is 3.96. The topological polar surface area (TPSA) is 63.1 Å². The molecule has 0 aliphatic carbocycles. The van der Waals surface area contributed by atoms with E-state index in [-0.39, 0.29) is 6.03 Å². The SMILES string of the molecule is CCNC(=O)N1CCCC(Cn2cnc3cccnc32)C1. The Bertz CT molecular complexity index is 623. The maximum atomic E-state index is 11.9. The van der Waals surface area contributed by atoms with Crippen LogP contribution < -0.4 is 5.32 Å². The van der Waals surface area contributed by atoms with Gasteiger partial charge in [0.2, 0.25) is 0 Å². The minimum absolute atomic E-state index is 0.0517. The normalized spacial score (nSPS) is 18.9. The highest BCUT2D eigenvalue weighted by Crippen LogP contribution is 2.20. The number of urea groups is 1. The Kier molecular flexibility index (Phi) is 4.03. The lowest BCUT2D eigenvalue weighted by Gasteiger charge is -2.32. The van der Waals surface area contributed by atoms with E-state index in [1.54, 1.807) is 6.20 Å². The van der Waals surface area contributed by atoms with Crippen LogP contribution in [0.5, 0.6) is 0 Å². The quantitative estimate of drug-likeness (QED) is 0.937. The number of piperidine rings is 1. The molecule has 6 heteroatoms. The second-order valence-corrected chi connectivity index (χ2v) is 5.53. The molecule has 0 radical (unpaired) electrons. The van der Waals surface area contributed by atoms with Crippen molar-refractivity contribution in [3.63, 3.8) is 0 Å². The second-order valence-electron chi connectivity index (χ2n) is 5.53. The Balaban J connectivity index is 1.68. The fraction of sp³-hybridized carbons (Fsp3) is 0.533. The number of nitrogens with zero attached hydrogens (tertiary/aromatic N) is 4. The molecule has 1 atom stereocenters. The Hall–Kier alpha value is -2.11. The number of carbonyl (C=O) groups excluding carboxylic acids is 1. The van der Waals surface area contributed by atoms with Crippen molar-refractivity contribution in [1.82, 2.24) is 24.8 Å². The molecule has 3 rings (SSSR count). The van der Waals surface area contributed by atoms with Crippen molar-refractivity contribution in [2.45, 2.75) is 26.3 Å². The molecule has 0 saturated carbocycles. The molecule has 1 saturated heterocycles. The van der Waals surface area contributed by atoms with Gasteiger partial charge in [-0.3, -0.25) is 0 Å². The Labute approximate surface area is 124 Å². The molecule has 2 aromatic heterocycles. The predicted octanol–water partition coefficient (Wildman–Crippen LogP) is 1.87. The van der Waals surface area contributed by atoms with Crippen LogP contribution in [0, 0.1) is 5.92 Å². The van der Waals surface area contributed by atoms with Gasteiger partial charge in [-0.15, -0.1) is 0 Å². The molecule has 1 aliphatic heterocycles. The Morgan fingerprint density at radius 1 is 1.48 bits per heavy atom. The number of nitrogens with one attached hydrogen (secondary N) is 1. The summed E-state index contributed by atoms with van der Waals surface area (Å²) in [5.74, 6) is 0.459. The van der Waals surface area contributed by atoms with Gasteiger partial charge in [0.15, 0.2) is 5.65 Å². The average Bonchev–Trinajstić information content (AvgIpc) is 2.91. The van der Waals surface area contributed by atoms with Crippen molar-refractivity contribution in [2.75, 3.05) is 19.6 Å². The number of likely N-dealkylation sites (tertiary alicyclic amines) is 1.